The van der Waals surface area contributed by atoms with Crippen molar-refractivity contribution in [2.75, 3.05) is 27.7 Å². The van der Waals surface area contributed by atoms with Crippen molar-refractivity contribution in [3.63, 3.8) is 0 Å². The van der Waals surface area contributed by atoms with Crippen LogP contribution in [0.1, 0.15) is 36.8 Å². The summed E-state index contributed by atoms with van der Waals surface area (Å²) in [6.07, 6.45) is 5.50. The molecule has 1 aromatic rings. The lowest BCUT2D eigenvalue weighted by Gasteiger charge is -2.29. The second kappa shape index (κ2) is 7.75. The van der Waals surface area contributed by atoms with Gasteiger partial charge < -0.3 is 9.80 Å². The molecule has 1 saturated heterocycles. The quantitative estimate of drug-likeness (QED) is 0.842. The third-order valence-corrected chi connectivity index (χ3v) is 5.27. The second-order valence-electron chi connectivity index (χ2n) is 7.70. The molecule has 0 bridgehead atoms. The Morgan fingerprint density at radius 1 is 0.913 bits per heavy atom. The van der Waals surface area contributed by atoms with Crippen molar-refractivity contribution in [3.05, 3.63) is 35.4 Å². The summed E-state index contributed by atoms with van der Waals surface area (Å²) in [6, 6.07) is 10.4. The van der Waals surface area contributed by atoms with Crippen molar-refractivity contribution in [2.24, 2.45) is 5.92 Å². The smallest absolute Gasteiger partial charge is 0.0383 e. The minimum Gasteiger partial charge on any atom is -0.305 e. The topological polar surface area (TPSA) is 30.5 Å². The van der Waals surface area contributed by atoms with Gasteiger partial charge in [0.25, 0.3) is 0 Å². The van der Waals surface area contributed by atoms with Crippen molar-refractivity contribution in [1.29, 1.82) is 0 Å². The Morgan fingerprint density at radius 3 is 2.26 bits per heavy atom. The van der Waals surface area contributed by atoms with Crippen molar-refractivity contribution >= 4 is 0 Å². The van der Waals surface area contributed by atoms with E-state index in [9.17, 15) is 0 Å². The van der Waals surface area contributed by atoms with Crippen LogP contribution in [0.15, 0.2) is 24.3 Å². The van der Waals surface area contributed by atoms with Gasteiger partial charge in [-0.15, -0.1) is 0 Å². The standard InChI is InChI=1S/C19H32N4/c1-22(2)12-15-8-10-16(11-9-15)13-23(3)14-19-17-6-4-5-7-18(17)20-21-19/h8-11,17-21H,4-7,12-14H2,1-3H3. The molecular formula is C19H32N4. The lowest BCUT2D eigenvalue weighted by Crippen LogP contribution is -2.41. The van der Waals surface area contributed by atoms with Crippen molar-refractivity contribution < 1.29 is 0 Å². The molecule has 3 unspecified atom stereocenters. The molecule has 23 heavy (non-hydrogen) atoms. The van der Waals surface area contributed by atoms with Crippen molar-refractivity contribution in [2.45, 2.75) is 50.9 Å². The van der Waals surface area contributed by atoms with Crippen LogP contribution in [-0.2, 0) is 13.1 Å². The van der Waals surface area contributed by atoms with E-state index in [0.29, 0.717) is 12.1 Å². The number of nitrogens with zero attached hydrogens (tertiary/aromatic N) is 2. The summed E-state index contributed by atoms with van der Waals surface area (Å²) in [5, 5.41) is 0. The summed E-state index contributed by atoms with van der Waals surface area (Å²) in [7, 11) is 6.47. The number of hydrogen-bond acceptors (Lipinski definition) is 4. The molecule has 0 radical (unpaired) electrons. The molecule has 1 aromatic carbocycles. The number of hydrogen-bond donors (Lipinski definition) is 2. The second-order valence-corrected chi connectivity index (χ2v) is 7.70. The van der Waals surface area contributed by atoms with Gasteiger partial charge in [-0.05, 0) is 51.0 Å². The Hall–Kier alpha value is -0.940. The normalized spacial score (nSPS) is 27.6. The third-order valence-electron chi connectivity index (χ3n) is 5.27. The predicted molar refractivity (Wildman–Crippen MR) is 96.0 cm³/mol. The first-order valence-corrected chi connectivity index (χ1v) is 9.04. The van der Waals surface area contributed by atoms with E-state index >= 15 is 0 Å². The number of rotatable bonds is 6. The molecule has 3 atom stereocenters. The zero-order valence-corrected chi connectivity index (χ0v) is 14.9. The Kier molecular flexibility index (Phi) is 5.70. The summed E-state index contributed by atoms with van der Waals surface area (Å²) < 4.78 is 0. The molecule has 1 heterocycles. The largest absolute Gasteiger partial charge is 0.305 e. The Labute approximate surface area is 141 Å². The first-order valence-electron chi connectivity index (χ1n) is 9.04. The lowest BCUT2D eigenvalue weighted by atomic mass is 9.81. The zero-order chi connectivity index (χ0) is 16.2. The first kappa shape index (κ1) is 16.9. The molecule has 2 aliphatic rings. The van der Waals surface area contributed by atoms with E-state index in [1.165, 1.54) is 36.8 Å². The fourth-order valence-corrected chi connectivity index (χ4v) is 4.15. The Balaban J connectivity index is 1.50. The van der Waals surface area contributed by atoms with E-state index in [1.807, 2.05) is 0 Å². The number of fused-ring (bicyclic) bond motifs is 1. The van der Waals surface area contributed by atoms with Crippen LogP contribution in [-0.4, -0.2) is 49.6 Å². The van der Waals surface area contributed by atoms with Gasteiger partial charge in [-0.1, -0.05) is 37.1 Å². The fraction of sp³-hybridized carbons (Fsp3) is 0.684. The van der Waals surface area contributed by atoms with Crippen molar-refractivity contribution in [3.8, 4) is 0 Å². The molecule has 0 aromatic heterocycles. The van der Waals surface area contributed by atoms with E-state index in [0.717, 1.165) is 25.6 Å². The van der Waals surface area contributed by atoms with Gasteiger partial charge in [0, 0.05) is 31.7 Å². The molecule has 2 fully saturated rings. The van der Waals surface area contributed by atoms with Crippen LogP contribution in [0, 0.1) is 5.92 Å². The Bertz CT molecular complexity index is 485. The van der Waals surface area contributed by atoms with Gasteiger partial charge in [0.05, 0.1) is 0 Å². The molecule has 4 heteroatoms. The number of benzene rings is 1. The van der Waals surface area contributed by atoms with E-state index in [2.05, 4.69) is 66.1 Å². The first-order chi connectivity index (χ1) is 11.1. The summed E-state index contributed by atoms with van der Waals surface area (Å²) >= 11 is 0. The summed E-state index contributed by atoms with van der Waals surface area (Å²) in [6.45, 7) is 3.16. The number of nitrogens with one attached hydrogen (secondary N) is 2. The van der Waals surface area contributed by atoms with Crippen LogP contribution >= 0.6 is 0 Å². The maximum absolute atomic E-state index is 3.55. The number of likely N-dealkylation sites (N-methyl/N-ethyl adjacent to an activating group) is 1. The van der Waals surface area contributed by atoms with Gasteiger partial charge in [-0.25, -0.2) is 0 Å². The fourth-order valence-electron chi connectivity index (χ4n) is 4.15. The highest BCUT2D eigenvalue weighted by molar-refractivity contribution is 5.22. The predicted octanol–water partition coefficient (Wildman–Crippen LogP) is 2.22. The maximum Gasteiger partial charge on any atom is 0.0383 e. The van der Waals surface area contributed by atoms with Crippen LogP contribution in [0.4, 0.5) is 0 Å². The molecule has 1 saturated carbocycles. The zero-order valence-electron chi connectivity index (χ0n) is 14.9. The van der Waals surface area contributed by atoms with Crippen molar-refractivity contribution in [1.82, 2.24) is 20.7 Å². The van der Waals surface area contributed by atoms with E-state index in [-0.39, 0.29) is 0 Å². The van der Waals surface area contributed by atoms with Crippen LogP contribution in [0.2, 0.25) is 0 Å². The minimum atomic E-state index is 0.596. The highest BCUT2D eigenvalue weighted by Crippen LogP contribution is 2.30. The molecule has 2 N–H and O–H groups in total. The van der Waals surface area contributed by atoms with Gasteiger partial charge in [0.1, 0.15) is 0 Å². The van der Waals surface area contributed by atoms with Gasteiger partial charge >= 0.3 is 0 Å². The minimum absolute atomic E-state index is 0.596. The summed E-state index contributed by atoms with van der Waals surface area (Å²) in [5.41, 5.74) is 9.86. The van der Waals surface area contributed by atoms with E-state index < -0.39 is 0 Å². The Morgan fingerprint density at radius 2 is 1.57 bits per heavy atom. The molecule has 128 valence electrons. The molecule has 1 aliphatic heterocycles. The van der Waals surface area contributed by atoms with Gasteiger partial charge in [-0.3, -0.25) is 10.9 Å². The molecular weight excluding hydrogens is 284 g/mol. The molecule has 0 amide bonds. The molecule has 1 aliphatic carbocycles. The SMILES string of the molecule is CN(C)Cc1ccc(CN(C)CC2NNC3CCCCC32)cc1. The average molecular weight is 316 g/mol. The van der Waals surface area contributed by atoms with Crippen LogP contribution < -0.4 is 10.9 Å². The lowest BCUT2D eigenvalue weighted by molar-refractivity contribution is 0.237. The van der Waals surface area contributed by atoms with Crippen LogP contribution in [0.5, 0.6) is 0 Å². The monoisotopic (exact) mass is 316 g/mol. The maximum atomic E-state index is 3.55. The highest BCUT2D eigenvalue weighted by Gasteiger charge is 2.37. The molecule has 4 nitrogen and oxygen atoms in total. The van der Waals surface area contributed by atoms with Gasteiger partial charge in [0.15, 0.2) is 0 Å². The highest BCUT2D eigenvalue weighted by atomic mass is 15.4. The van der Waals surface area contributed by atoms with Crippen LogP contribution in [0.25, 0.3) is 0 Å². The molecule has 0 spiro atoms. The van der Waals surface area contributed by atoms with E-state index in [1.54, 1.807) is 0 Å². The third kappa shape index (κ3) is 4.54. The van der Waals surface area contributed by atoms with Gasteiger partial charge in [-0.2, -0.15) is 0 Å². The number of hydrazine groups is 1. The van der Waals surface area contributed by atoms with Crippen LogP contribution in [0.3, 0.4) is 0 Å². The summed E-state index contributed by atoms with van der Waals surface area (Å²) in [4.78, 5) is 4.66. The average Bonchev–Trinajstić information content (AvgIpc) is 2.92. The van der Waals surface area contributed by atoms with E-state index in [4.69, 9.17) is 0 Å². The molecule has 3 rings (SSSR count). The summed E-state index contributed by atoms with van der Waals surface area (Å²) in [5.74, 6) is 0.814. The van der Waals surface area contributed by atoms with Gasteiger partial charge in [0.2, 0.25) is 0 Å².